The van der Waals surface area contributed by atoms with Crippen LogP contribution in [0.3, 0.4) is 0 Å². The minimum absolute atomic E-state index is 0.0793. The van der Waals surface area contributed by atoms with Crippen molar-refractivity contribution in [1.82, 2.24) is 14.6 Å². The van der Waals surface area contributed by atoms with E-state index in [2.05, 4.69) is 0 Å². The fraction of sp³-hybridized carbons (Fsp3) is 0.452. The highest BCUT2D eigenvalue weighted by molar-refractivity contribution is 5.94. The number of likely N-dealkylation sites (tertiary alicyclic amines) is 1. The number of aromatic nitrogens is 2. The van der Waals surface area contributed by atoms with Crippen molar-refractivity contribution in [2.24, 2.45) is 5.92 Å². The molecule has 1 saturated heterocycles. The van der Waals surface area contributed by atoms with Crippen molar-refractivity contribution in [3.63, 3.8) is 0 Å². The average molecular weight is 581 g/mol. The van der Waals surface area contributed by atoms with E-state index < -0.39 is 11.6 Å². The number of carbonyl (C=O) groups is 2. The summed E-state index contributed by atoms with van der Waals surface area (Å²) in [6.07, 6.45) is 1.42. The molecule has 0 bridgehead atoms. The Morgan fingerprint density at radius 2 is 1.57 bits per heavy atom. The van der Waals surface area contributed by atoms with E-state index in [4.69, 9.17) is 29.8 Å². The molecule has 4 rings (SSSR count). The van der Waals surface area contributed by atoms with Crippen LogP contribution in [0.25, 0.3) is 11.3 Å². The predicted molar refractivity (Wildman–Crippen MR) is 157 cm³/mol. The van der Waals surface area contributed by atoms with Gasteiger partial charge in [-0.25, -0.2) is 19.2 Å². The number of nitrogens with zero attached hydrogens (tertiary/aromatic N) is 3. The van der Waals surface area contributed by atoms with Crippen molar-refractivity contribution in [1.29, 1.82) is 0 Å². The third kappa shape index (κ3) is 7.14. The highest BCUT2D eigenvalue weighted by Gasteiger charge is 2.35. The molecule has 11 heteroatoms. The third-order valence-corrected chi connectivity index (χ3v) is 7.27. The maximum atomic E-state index is 12.9. The van der Waals surface area contributed by atoms with Gasteiger partial charge in [0.1, 0.15) is 34.4 Å². The summed E-state index contributed by atoms with van der Waals surface area (Å²) < 4.78 is 23.0. The van der Waals surface area contributed by atoms with Gasteiger partial charge in [-0.1, -0.05) is 0 Å². The molecule has 2 aromatic carbocycles. The second-order valence-electron chi connectivity index (χ2n) is 11.3. The molecule has 0 saturated carbocycles. The lowest BCUT2D eigenvalue weighted by Gasteiger charge is -2.36. The van der Waals surface area contributed by atoms with E-state index in [1.165, 1.54) is 11.8 Å². The van der Waals surface area contributed by atoms with E-state index in [0.717, 1.165) is 5.75 Å². The largest absolute Gasteiger partial charge is 0.497 e. The topological polar surface area (TPSA) is 138 Å². The van der Waals surface area contributed by atoms with E-state index in [-0.39, 0.29) is 30.2 Å². The lowest BCUT2D eigenvalue weighted by molar-refractivity contribution is 0.0168. The molecule has 1 aromatic heterocycles. The number of imidazole rings is 1. The van der Waals surface area contributed by atoms with Gasteiger partial charge in [0.2, 0.25) is 0 Å². The van der Waals surface area contributed by atoms with Crippen molar-refractivity contribution >= 4 is 12.1 Å². The Bertz CT molecular complexity index is 1360. The van der Waals surface area contributed by atoms with Gasteiger partial charge >= 0.3 is 12.1 Å². The molecule has 1 fully saturated rings. The average Bonchev–Trinajstić information content (AvgIpc) is 3.32. The number of esters is 1. The van der Waals surface area contributed by atoms with Crippen molar-refractivity contribution in [3.8, 4) is 28.5 Å². The number of hydrogen-bond acceptors (Lipinski definition) is 9. The van der Waals surface area contributed by atoms with E-state index in [0.29, 0.717) is 60.9 Å². The molecular weight excluding hydrogens is 540 g/mol. The van der Waals surface area contributed by atoms with E-state index >= 15 is 0 Å². The van der Waals surface area contributed by atoms with Gasteiger partial charge < -0.3 is 34.8 Å². The molecule has 1 aliphatic heterocycles. The molecule has 0 aliphatic carbocycles. The van der Waals surface area contributed by atoms with Crippen LogP contribution < -0.4 is 15.3 Å². The van der Waals surface area contributed by atoms with Crippen LogP contribution in [0.4, 0.5) is 4.79 Å². The first-order valence-electron chi connectivity index (χ1n) is 14.0. The van der Waals surface area contributed by atoms with Crippen LogP contribution in [0, 0.1) is 5.92 Å². The maximum absolute atomic E-state index is 12.9. The number of nitrogens with two attached hydrogens (primary N) is 1. The zero-order valence-corrected chi connectivity index (χ0v) is 24.8. The van der Waals surface area contributed by atoms with Crippen LogP contribution in [0.1, 0.15) is 62.3 Å². The number of amides is 1. The number of carbonyl (C=O) groups excluding carboxylic acids is 2. The van der Waals surface area contributed by atoms with Crippen LogP contribution >= 0.6 is 0 Å². The fourth-order valence-electron chi connectivity index (χ4n) is 5.19. The highest BCUT2D eigenvalue weighted by atomic mass is 16.6. The lowest BCUT2D eigenvalue weighted by Crippen LogP contribution is -2.43. The lowest BCUT2D eigenvalue weighted by atomic mass is 9.82. The summed E-state index contributed by atoms with van der Waals surface area (Å²) in [5.41, 5.74) is 0.582. The first kappa shape index (κ1) is 30.7. The molecule has 0 spiro atoms. The van der Waals surface area contributed by atoms with Crippen molar-refractivity contribution in [2.45, 2.75) is 51.6 Å². The minimum Gasteiger partial charge on any atom is -0.497 e. The number of ether oxygens (including phenoxy) is 4. The van der Waals surface area contributed by atoms with Gasteiger partial charge in [0.25, 0.3) is 0 Å². The summed E-state index contributed by atoms with van der Waals surface area (Å²) in [6.45, 7) is 6.47. The molecule has 1 atom stereocenters. The summed E-state index contributed by atoms with van der Waals surface area (Å²) in [5, 5.41) is 9.94. The van der Waals surface area contributed by atoms with E-state index in [1.807, 2.05) is 45.0 Å². The first-order chi connectivity index (χ1) is 20.0. The first-order valence-corrected chi connectivity index (χ1v) is 14.0. The monoisotopic (exact) mass is 580 g/mol. The van der Waals surface area contributed by atoms with E-state index in [9.17, 15) is 14.7 Å². The van der Waals surface area contributed by atoms with Crippen molar-refractivity contribution in [3.05, 3.63) is 60.0 Å². The third-order valence-electron chi connectivity index (χ3n) is 7.27. The number of piperidine rings is 1. The van der Waals surface area contributed by atoms with Crippen LogP contribution in [0.2, 0.25) is 0 Å². The molecule has 11 nitrogen and oxygen atoms in total. The normalized spacial score (nSPS) is 14.8. The van der Waals surface area contributed by atoms with Crippen molar-refractivity contribution < 1.29 is 33.6 Å². The number of nitrogen functional groups attached to an aromatic ring is 1. The number of aliphatic hydroxyl groups excluding tert-OH is 1. The predicted octanol–water partition coefficient (Wildman–Crippen LogP) is 4.96. The Balaban J connectivity index is 1.58. The Morgan fingerprint density at radius 1 is 1.00 bits per heavy atom. The SMILES string of the molecule is COC(=O)c1c(-c2ccc(Oc3ccc(OC)cc3)cc2)nc(C(CCO)C2CCN(C(=O)OC(C)(C)C)CC2)n1N. The standard InChI is InChI=1S/C31H40N4O7/c1-31(2,3)42-30(38)34-17-14-20(15-18-34)25(16-19-36)28-33-26(27(35(28)32)29(37)40-5)21-6-8-23(9-7-21)41-24-12-10-22(39-4)11-13-24/h6-13,20,25,36H,14-19,32H2,1-5H3. The molecule has 226 valence electrons. The van der Waals surface area contributed by atoms with Gasteiger partial charge in [-0.3, -0.25) is 0 Å². The summed E-state index contributed by atoms with van der Waals surface area (Å²) in [6, 6.07) is 14.4. The molecule has 2 heterocycles. The number of hydrogen-bond donors (Lipinski definition) is 2. The van der Waals surface area contributed by atoms with Gasteiger partial charge in [0, 0.05) is 31.2 Å². The van der Waals surface area contributed by atoms with Crippen molar-refractivity contribution in [2.75, 3.05) is 39.8 Å². The van der Waals surface area contributed by atoms with Crippen LogP contribution in [0.15, 0.2) is 48.5 Å². The second-order valence-corrected chi connectivity index (χ2v) is 11.3. The molecule has 1 amide bonds. The zero-order chi connectivity index (χ0) is 30.4. The van der Waals surface area contributed by atoms with Gasteiger partial charge in [-0.15, -0.1) is 0 Å². The minimum atomic E-state index is -0.618. The van der Waals surface area contributed by atoms with Gasteiger partial charge in [-0.05, 0) is 94.5 Å². The Labute approximate surface area is 246 Å². The number of benzene rings is 2. The van der Waals surface area contributed by atoms with Crippen LogP contribution in [-0.2, 0) is 9.47 Å². The molecule has 1 unspecified atom stereocenters. The highest BCUT2D eigenvalue weighted by Crippen LogP contribution is 2.37. The number of aliphatic hydroxyl groups is 1. The maximum Gasteiger partial charge on any atom is 0.410 e. The van der Waals surface area contributed by atoms with E-state index in [1.54, 1.807) is 36.3 Å². The quantitative estimate of drug-likeness (QED) is 0.265. The zero-order valence-electron chi connectivity index (χ0n) is 24.8. The molecule has 0 radical (unpaired) electrons. The summed E-state index contributed by atoms with van der Waals surface area (Å²) >= 11 is 0. The smallest absolute Gasteiger partial charge is 0.410 e. The summed E-state index contributed by atoms with van der Waals surface area (Å²) in [7, 11) is 2.90. The van der Waals surface area contributed by atoms with Gasteiger partial charge in [-0.2, -0.15) is 0 Å². The molecule has 42 heavy (non-hydrogen) atoms. The van der Waals surface area contributed by atoms with Crippen LogP contribution in [-0.4, -0.2) is 71.2 Å². The van der Waals surface area contributed by atoms with Crippen LogP contribution in [0.5, 0.6) is 17.2 Å². The van der Waals surface area contributed by atoms with Gasteiger partial charge in [0.15, 0.2) is 5.69 Å². The summed E-state index contributed by atoms with van der Waals surface area (Å²) in [5.74, 6) is 8.20. The van der Waals surface area contributed by atoms with Gasteiger partial charge in [0.05, 0.1) is 14.2 Å². The number of methoxy groups -OCH3 is 2. The molecule has 1 aliphatic rings. The molecular formula is C31H40N4O7. The number of rotatable bonds is 9. The summed E-state index contributed by atoms with van der Waals surface area (Å²) in [4.78, 5) is 32.0. The Morgan fingerprint density at radius 3 is 2.10 bits per heavy atom. The Hall–Kier alpha value is -4.25. The molecule has 3 aromatic rings. The second kappa shape index (κ2) is 13.2. The molecule has 3 N–H and O–H groups in total. The fourth-order valence-corrected chi connectivity index (χ4v) is 5.19. The Kier molecular flexibility index (Phi) is 9.62.